The highest BCUT2D eigenvalue weighted by Crippen LogP contribution is 2.74. The molecule has 5 nitrogen and oxygen atoms in total. The highest BCUT2D eigenvalue weighted by atomic mass is 16.5. The van der Waals surface area contributed by atoms with Gasteiger partial charge < -0.3 is 4.74 Å². The smallest absolute Gasteiger partial charge is 0.311 e. The van der Waals surface area contributed by atoms with Crippen LogP contribution in [0.3, 0.4) is 0 Å². The summed E-state index contributed by atoms with van der Waals surface area (Å²) in [6.07, 6.45) is 8.58. The van der Waals surface area contributed by atoms with Crippen LogP contribution in [0.25, 0.3) is 0 Å². The van der Waals surface area contributed by atoms with Crippen molar-refractivity contribution in [2.45, 2.75) is 114 Å². The van der Waals surface area contributed by atoms with Crippen molar-refractivity contribution < 1.29 is 19.1 Å². The fourth-order valence-corrected chi connectivity index (χ4v) is 11.4. The van der Waals surface area contributed by atoms with Gasteiger partial charge in [-0.15, -0.1) is 0 Å². The molecule has 0 radical (unpaired) electrons. The van der Waals surface area contributed by atoms with E-state index in [-0.39, 0.29) is 62.7 Å². The number of nitrogens with zero attached hydrogens (tertiary/aromatic N) is 1. The van der Waals surface area contributed by atoms with Crippen LogP contribution in [0.1, 0.15) is 114 Å². The van der Waals surface area contributed by atoms with Crippen LogP contribution >= 0.6 is 0 Å². The summed E-state index contributed by atoms with van der Waals surface area (Å²) in [7, 11) is 0. The van der Waals surface area contributed by atoms with Gasteiger partial charge in [-0.05, 0) is 111 Å². The summed E-state index contributed by atoms with van der Waals surface area (Å²) in [6, 6.07) is 2.22. The second kappa shape index (κ2) is 9.27. The Labute approximate surface area is 248 Å². The van der Waals surface area contributed by atoms with Crippen molar-refractivity contribution >= 4 is 17.5 Å². The van der Waals surface area contributed by atoms with Crippen molar-refractivity contribution in [2.75, 3.05) is 6.61 Å². The summed E-state index contributed by atoms with van der Waals surface area (Å²) in [5.41, 5.74) is -1.35. The van der Waals surface area contributed by atoms with E-state index in [0.29, 0.717) is 30.6 Å². The summed E-state index contributed by atoms with van der Waals surface area (Å²) in [6.45, 7) is 21.9. The lowest BCUT2D eigenvalue weighted by molar-refractivity contribution is -0.216. The number of rotatable bonds is 2. The van der Waals surface area contributed by atoms with Gasteiger partial charge >= 0.3 is 5.97 Å². The number of esters is 1. The van der Waals surface area contributed by atoms with Gasteiger partial charge in [-0.3, -0.25) is 14.4 Å². The van der Waals surface area contributed by atoms with Crippen LogP contribution in [0.15, 0.2) is 11.6 Å². The van der Waals surface area contributed by atoms with Gasteiger partial charge in [-0.2, -0.15) is 5.26 Å². The lowest BCUT2D eigenvalue weighted by atomic mass is 9.32. The Bertz CT molecular complexity index is 1230. The van der Waals surface area contributed by atoms with Crippen molar-refractivity contribution in [1.29, 1.82) is 5.26 Å². The number of allylic oxidation sites excluding steroid dienone is 2. The third kappa shape index (κ3) is 4.31. The lowest BCUT2D eigenvalue weighted by Crippen LogP contribution is -2.67. The molecule has 0 bridgehead atoms. The molecule has 0 aromatic carbocycles. The van der Waals surface area contributed by atoms with Crippen molar-refractivity contribution in [3.63, 3.8) is 0 Å². The number of ketones is 2. The van der Waals surface area contributed by atoms with Gasteiger partial charge in [-0.1, -0.05) is 54.5 Å². The van der Waals surface area contributed by atoms with Gasteiger partial charge in [0.2, 0.25) is 0 Å². The molecule has 5 heteroatoms. The fraction of sp³-hybridized carbons (Fsp3) is 0.833. The number of hydrogen-bond acceptors (Lipinski definition) is 5. The summed E-state index contributed by atoms with van der Waals surface area (Å²) < 4.78 is 5.92. The Balaban J connectivity index is 1.51. The zero-order chi connectivity index (χ0) is 30.6. The Morgan fingerprint density at radius 3 is 2.20 bits per heavy atom. The molecular weight excluding hydrogens is 510 g/mol. The Hall–Kier alpha value is -1.96. The molecule has 4 fully saturated rings. The molecule has 5 aliphatic rings. The zero-order valence-corrected chi connectivity index (χ0v) is 27.3. The molecule has 0 saturated heterocycles. The summed E-state index contributed by atoms with van der Waals surface area (Å²) in [4.78, 5) is 40.5. The minimum Gasteiger partial charge on any atom is -0.465 e. The van der Waals surface area contributed by atoms with Gasteiger partial charge in [0.05, 0.1) is 17.6 Å². The molecule has 0 amide bonds. The van der Waals surface area contributed by atoms with Crippen LogP contribution in [-0.2, 0) is 19.1 Å². The second-order valence-corrected chi connectivity index (χ2v) is 17.8. The maximum atomic E-state index is 14.6. The topological polar surface area (TPSA) is 84.2 Å². The fourth-order valence-electron chi connectivity index (χ4n) is 11.4. The van der Waals surface area contributed by atoms with E-state index in [4.69, 9.17) is 4.74 Å². The Morgan fingerprint density at radius 2 is 1.59 bits per heavy atom. The van der Waals surface area contributed by atoms with Crippen LogP contribution < -0.4 is 0 Å². The molecule has 41 heavy (non-hydrogen) atoms. The van der Waals surface area contributed by atoms with E-state index in [9.17, 15) is 19.6 Å². The first kappa shape index (κ1) is 30.5. The number of hydrogen-bond donors (Lipinski definition) is 0. The predicted octanol–water partition coefficient (Wildman–Crippen LogP) is 7.73. The molecule has 0 unspecified atom stereocenters. The maximum absolute atomic E-state index is 14.6. The molecule has 5 rings (SSSR count). The van der Waals surface area contributed by atoms with E-state index in [1.54, 1.807) is 0 Å². The highest BCUT2D eigenvalue weighted by molar-refractivity contribution is 6.04. The van der Waals surface area contributed by atoms with E-state index < -0.39 is 10.8 Å². The normalized spacial score (nSPS) is 44.8. The molecule has 0 aromatic rings. The average molecular weight is 564 g/mol. The number of Topliss-reactive ketones (excluding diaryl/α,β-unsaturated/α-hetero) is 2. The third-order valence-corrected chi connectivity index (χ3v) is 13.5. The molecule has 5 aliphatic carbocycles. The van der Waals surface area contributed by atoms with Crippen LogP contribution in [0, 0.1) is 79.3 Å². The van der Waals surface area contributed by atoms with E-state index >= 15 is 0 Å². The lowest BCUT2D eigenvalue weighted by Gasteiger charge is -2.71. The van der Waals surface area contributed by atoms with Gasteiger partial charge in [-0.25, -0.2) is 0 Å². The third-order valence-electron chi connectivity index (χ3n) is 13.5. The minimum atomic E-state index is -0.612. The summed E-state index contributed by atoms with van der Waals surface area (Å²) in [5, 5.41) is 9.94. The quantitative estimate of drug-likeness (QED) is 0.321. The first-order valence-corrected chi connectivity index (χ1v) is 16.1. The van der Waals surface area contributed by atoms with Crippen molar-refractivity contribution in [3.8, 4) is 6.07 Å². The molecule has 0 N–H and O–H groups in total. The van der Waals surface area contributed by atoms with Gasteiger partial charge in [0, 0.05) is 17.8 Å². The average Bonchev–Trinajstić information content (AvgIpc) is 2.84. The molecule has 0 spiro atoms. The van der Waals surface area contributed by atoms with Gasteiger partial charge in [0.15, 0.2) is 5.78 Å². The summed E-state index contributed by atoms with van der Waals surface area (Å²) in [5.74, 6) is 1.38. The predicted molar refractivity (Wildman–Crippen MR) is 159 cm³/mol. The van der Waals surface area contributed by atoms with Crippen LogP contribution in [0.5, 0.6) is 0 Å². The van der Waals surface area contributed by atoms with Crippen molar-refractivity contribution in [1.82, 2.24) is 0 Å². The number of carbonyl (C=O) groups is 3. The minimum absolute atomic E-state index is 0.000641. The molecular formula is C36H53NO4. The molecule has 0 heterocycles. The standard InChI is InChI=1S/C36H53NO4/c1-31(2,3)30(40)41-20-22-16-32(4,5)18-24-23(22)11-13-36(10)28(24)25(38)15-27-34(8)17-21(19-37)29(39)33(6,7)26(34)12-14-35(27,36)9/h17,22-24,26-28H,11-16,18,20H2,1-10H3/t22-,23+,24-,26-,27+,28-,34-,35+,36+/m0/s1. The van der Waals surface area contributed by atoms with Crippen LogP contribution in [-0.4, -0.2) is 24.1 Å². The molecule has 9 atom stereocenters. The van der Waals surface area contributed by atoms with Crippen LogP contribution in [0.2, 0.25) is 0 Å². The number of nitriles is 1. The molecule has 4 saturated carbocycles. The number of ether oxygens (including phenoxy) is 1. The molecule has 0 aliphatic heterocycles. The van der Waals surface area contributed by atoms with E-state index in [0.717, 1.165) is 38.5 Å². The largest absolute Gasteiger partial charge is 0.465 e. The first-order valence-electron chi connectivity index (χ1n) is 16.1. The van der Waals surface area contributed by atoms with Gasteiger partial charge in [0.1, 0.15) is 11.9 Å². The SMILES string of the molecule is CC1(C)C[C@@H](COC(=O)C(C)(C)C)[C@H]2CC[C@]3(C)[C@H](C(=O)C[C@@H]4[C@@]5(C)C=C(C#N)C(=O)C(C)(C)[C@@H]5CC[C@]43C)[C@H]2C1. The number of carbonyl (C=O) groups excluding carboxylic acids is 3. The zero-order valence-electron chi connectivity index (χ0n) is 27.3. The van der Waals surface area contributed by atoms with E-state index in [2.05, 4.69) is 40.7 Å². The van der Waals surface area contributed by atoms with Gasteiger partial charge in [0.25, 0.3) is 0 Å². The monoisotopic (exact) mass is 563 g/mol. The van der Waals surface area contributed by atoms with E-state index in [1.165, 1.54) is 0 Å². The second-order valence-electron chi connectivity index (χ2n) is 17.8. The van der Waals surface area contributed by atoms with E-state index in [1.807, 2.05) is 40.7 Å². The Morgan fingerprint density at radius 1 is 0.951 bits per heavy atom. The molecule has 0 aromatic heterocycles. The highest BCUT2D eigenvalue weighted by Gasteiger charge is 2.71. The summed E-state index contributed by atoms with van der Waals surface area (Å²) >= 11 is 0. The first-order chi connectivity index (χ1) is 18.7. The molecule has 226 valence electrons. The van der Waals surface area contributed by atoms with Crippen molar-refractivity contribution in [2.24, 2.45) is 68.0 Å². The maximum Gasteiger partial charge on any atom is 0.311 e. The van der Waals surface area contributed by atoms with Crippen molar-refractivity contribution in [3.05, 3.63) is 11.6 Å². The number of fused-ring (bicyclic) bond motifs is 7. The Kier molecular flexibility index (Phi) is 6.89. The van der Waals surface area contributed by atoms with Crippen LogP contribution in [0.4, 0.5) is 0 Å².